The van der Waals surface area contributed by atoms with E-state index in [-0.39, 0.29) is 0 Å². The number of carboxylic acids is 1. The summed E-state index contributed by atoms with van der Waals surface area (Å²) in [6.45, 7) is 0. The van der Waals surface area contributed by atoms with Crippen molar-refractivity contribution in [3.63, 3.8) is 0 Å². The van der Waals surface area contributed by atoms with E-state index in [4.69, 9.17) is 5.11 Å². The zero-order chi connectivity index (χ0) is 12.4. The molecule has 0 bridgehead atoms. The van der Waals surface area contributed by atoms with Crippen molar-refractivity contribution in [1.29, 1.82) is 0 Å². The molecule has 1 aliphatic rings. The molecule has 2 rings (SSSR count). The predicted molar refractivity (Wildman–Crippen MR) is 71.2 cm³/mol. The molecule has 5 heteroatoms. The zero-order valence-electron chi connectivity index (χ0n) is 9.75. The first kappa shape index (κ1) is 12.0. The maximum absolute atomic E-state index is 10.8. The Hall–Kier alpha value is -1.49. The molecule has 4 nitrogen and oxygen atoms in total. The second kappa shape index (κ2) is 4.79. The van der Waals surface area contributed by atoms with E-state index < -0.39 is 12.0 Å². The van der Waals surface area contributed by atoms with Crippen molar-refractivity contribution in [3.8, 4) is 0 Å². The van der Waals surface area contributed by atoms with Gasteiger partial charge in [-0.1, -0.05) is 12.1 Å². The maximum Gasteiger partial charge on any atom is 0.329 e. The molecular weight excluding hydrogens is 236 g/mol. The maximum atomic E-state index is 10.8. The van der Waals surface area contributed by atoms with Gasteiger partial charge < -0.3 is 10.0 Å². The van der Waals surface area contributed by atoms with Crippen molar-refractivity contribution in [2.45, 2.75) is 6.04 Å². The molecule has 1 N–H and O–H groups in total. The number of carboxylic acid groups (broad SMARTS) is 1. The molecule has 0 spiro atoms. The van der Waals surface area contributed by atoms with Crippen LogP contribution in [0.15, 0.2) is 29.3 Å². The van der Waals surface area contributed by atoms with Crippen LogP contribution >= 0.6 is 11.8 Å². The Kier molecular flexibility index (Phi) is 3.38. The molecule has 0 aromatic heterocycles. The summed E-state index contributed by atoms with van der Waals surface area (Å²) in [4.78, 5) is 17.0. The first-order valence-electron chi connectivity index (χ1n) is 5.29. The van der Waals surface area contributed by atoms with Crippen molar-refractivity contribution in [3.05, 3.63) is 29.8 Å². The van der Waals surface area contributed by atoms with Crippen molar-refractivity contribution in [2.24, 2.45) is 4.99 Å². The van der Waals surface area contributed by atoms with Crippen LogP contribution in [0.3, 0.4) is 0 Å². The van der Waals surface area contributed by atoms with Crippen molar-refractivity contribution >= 4 is 28.5 Å². The van der Waals surface area contributed by atoms with Gasteiger partial charge in [0.2, 0.25) is 0 Å². The van der Waals surface area contributed by atoms with Crippen molar-refractivity contribution in [1.82, 2.24) is 0 Å². The molecule has 1 aromatic rings. The fraction of sp³-hybridized carbons (Fsp3) is 0.333. The summed E-state index contributed by atoms with van der Waals surface area (Å²) in [5.74, 6) is -0.322. The normalized spacial score (nSPS) is 18.9. The highest BCUT2D eigenvalue weighted by Crippen LogP contribution is 2.24. The van der Waals surface area contributed by atoms with Gasteiger partial charge in [-0.3, -0.25) is 4.99 Å². The number of aliphatic carboxylic acids is 1. The molecule has 0 fully saturated rings. The van der Waals surface area contributed by atoms with Crippen LogP contribution in [0.4, 0.5) is 5.69 Å². The van der Waals surface area contributed by atoms with Crippen LogP contribution in [-0.4, -0.2) is 42.0 Å². The number of rotatable bonds is 3. The smallest absolute Gasteiger partial charge is 0.329 e. The Balaban J connectivity index is 2.19. The Morgan fingerprint density at radius 1 is 1.41 bits per heavy atom. The lowest BCUT2D eigenvalue weighted by atomic mass is 10.2. The third-order valence-electron chi connectivity index (χ3n) is 2.57. The lowest BCUT2D eigenvalue weighted by Gasteiger charge is -2.12. The highest BCUT2D eigenvalue weighted by atomic mass is 32.2. The van der Waals surface area contributed by atoms with Crippen molar-refractivity contribution in [2.75, 3.05) is 24.7 Å². The van der Waals surface area contributed by atoms with Gasteiger partial charge in [0.15, 0.2) is 6.04 Å². The lowest BCUT2D eigenvalue weighted by Crippen LogP contribution is -2.17. The van der Waals surface area contributed by atoms with Gasteiger partial charge in [-0.15, -0.1) is 11.8 Å². The van der Waals surface area contributed by atoms with Gasteiger partial charge in [-0.25, -0.2) is 4.79 Å². The van der Waals surface area contributed by atoms with E-state index in [0.717, 1.165) is 16.3 Å². The molecule has 90 valence electrons. The Bertz CT molecular complexity index is 454. The number of carbonyl (C=O) groups is 1. The molecule has 1 heterocycles. The molecular formula is C12H14N2O2S. The minimum Gasteiger partial charge on any atom is -0.480 e. The second-order valence-electron chi connectivity index (χ2n) is 4.04. The Morgan fingerprint density at radius 3 is 2.53 bits per heavy atom. The summed E-state index contributed by atoms with van der Waals surface area (Å²) < 4.78 is 0. The quantitative estimate of drug-likeness (QED) is 0.887. The van der Waals surface area contributed by atoms with Crippen LogP contribution in [0.2, 0.25) is 0 Å². The van der Waals surface area contributed by atoms with Crippen LogP contribution in [0.25, 0.3) is 0 Å². The highest BCUT2D eigenvalue weighted by molar-refractivity contribution is 8.14. The average molecular weight is 250 g/mol. The van der Waals surface area contributed by atoms with Gasteiger partial charge >= 0.3 is 5.97 Å². The molecule has 1 aromatic carbocycles. The number of hydrogen-bond donors (Lipinski definition) is 1. The van der Waals surface area contributed by atoms with Gasteiger partial charge in [0.1, 0.15) is 0 Å². The van der Waals surface area contributed by atoms with Gasteiger partial charge in [0.25, 0.3) is 0 Å². The Morgan fingerprint density at radius 2 is 2.06 bits per heavy atom. The van der Waals surface area contributed by atoms with E-state index in [0.29, 0.717) is 5.75 Å². The fourth-order valence-corrected chi connectivity index (χ4v) is 2.60. The monoisotopic (exact) mass is 250 g/mol. The summed E-state index contributed by atoms with van der Waals surface area (Å²) in [5.41, 5.74) is 2.11. The van der Waals surface area contributed by atoms with E-state index in [9.17, 15) is 4.79 Å². The molecule has 0 saturated carbocycles. The Labute approximate surface area is 104 Å². The highest BCUT2D eigenvalue weighted by Gasteiger charge is 2.24. The molecule has 0 saturated heterocycles. The molecule has 0 radical (unpaired) electrons. The van der Waals surface area contributed by atoms with Crippen LogP contribution in [0, 0.1) is 0 Å². The summed E-state index contributed by atoms with van der Waals surface area (Å²) >= 11 is 1.50. The molecule has 1 atom stereocenters. The third kappa shape index (κ3) is 2.61. The topological polar surface area (TPSA) is 52.9 Å². The van der Waals surface area contributed by atoms with Crippen LogP contribution in [0.1, 0.15) is 5.56 Å². The molecule has 0 amide bonds. The number of benzene rings is 1. The van der Waals surface area contributed by atoms with Crippen LogP contribution in [0.5, 0.6) is 0 Å². The van der Waals surface area contributed by atoms with E-state index in [2.05, 4.69) is 4.99 Å². The van der Waals surface area contributed by atoms with E-state index in [1.165, 1.54) is 11.8 Å². The van der Waals surface area contributed by atoms with Gasteiger partial charge in [0, 0.05) is 31.1 Å². The molecule has 1 aliphatic heterocycles. The van der Waals surface area contributed by atoms with Gasteiger partial charge in [-0.2, -0.15) is 0 Å². The zero-order valence-corrected chi connectivity index (χ0v) is 10.6. The first-order valence-corrected chi connectivity index (χ1v) is 6.27. The van der Waals surface area contributed by atoms with Gasteiger partial charge in [0.05, 0.1) is 5.04 Å². The van der Waals surface area contributed by atoms with E-state index >= 15 is 0 Å². The van der Waals surface area contributed by atoms with Gasteiger partial charge in [-0.05, 0) is 12.1 Å². The first-order chi connectivity index (χ1) is 8.08. The lowest BCUT2D eigenvalue weighted by molar-refractivity contribution is -0.137. The van der Waals surface area contributed by atoms with Crippen molar-refractivity contribution < 1.29 is 9.90 Å². The third-order valence-corrected chi connectivity index (χ3v) is 3.66. The molecule has 0 unspecified atom stereocenters. The SMILES string of the molecule is CN(C)c1ccc(C2=N[C@@H](C(=O)O)CS2)cc1. The largest absolute Gasteiger partial charge is 0.480 e. The standard InChI is InChI=1S/C12H14N2O2S/c1-14(2)9-5-3-8(4-6-9)11-13-10(7-17-11)12(15)16/h3-6,10H,7H2,1-2H3,(H,15,16)/t10-/m1/s1. The predicted octanol–water partition coefficient (Wildman–Crippen LogP) is 1.70. The summed E-state index contributed by atoms with van der Waals surface area (Å²) in [6, 6.07) is 7.37. The summed E-state index contributed by atoms with van der Waals surface area (Å²) in [6.07, 6.45) is 0. The second-order valence-corrected chi connectivity index (χ2v) is 5.05. The summed E-state index contributed by atoms with van der Waals surface area (Å²) in [5, 5.41) is 9.69. The number of aliphatic imine (C=N–C) groups is 1. The number of anilines is 1. The molecule has 0 aliphatic carbocycles. The molecule has 17 heavy (non-hydrogen) atoms. The number of hydrogen-bond acceptors (Lipinski definition) is 4. The van der Waals surface area contributed by atoms with E-state index in [1.807, 2.05) is 43.3 Å². The fourth-order valence-electron chi connectivity index (χ4n) is 1.56. The van der Waals surface area contributed by atoms with E-state index in [1.54, 1.807) is 0 Å². The number of thioether (sulfide) groups is 1. The van der Waals surface area contributed by atoms with Crippen LogP contribution in [-0.2, 0) is 4.79 Å². The number of nitrogens with zero attached hydrogens (tertiary/aromatic N) is 2. The minimum atomic E-state index is -0.850. The average Bonchev–Trinajstić information content (AvgIpc) is 2.78. The van der Waals surface area contributed by atoms with Crippen LogP contribution < -0.4 is 4.90 Å². The minimum absolute atomic E-state index is 0.528. The summed E-state index contributed by atoms with van der Waals surface area (Å²) in [7, 11) is 3.97.